The zero-order valence-electron chi connectivity index (χ0n) is 11.0. The fourth-order valence-electron chi connectivity index (χ4n) is 1.83. The van der Waals surface area contributed by atoms with Crippen molar-refractivity contribution in [1.29, 1.82) is 0 Å². The quantitative estimate of drug-likeness (QED) is 0.490. The van der Waals surface area contributed by atoms with E-state index in [9.17, 15) is 10.1 Å². The highest BCUT2D eigenvalue weighted by Crippen LogP contribution is 2.29. The molecule has 9 heteroatoms. The van der Waals surface area contributed by atoms with Crippen molar-refractivity contribution in [2.75, 3.05) is 17.4 Å². The molecule has 0 bridgehead atoms. The normalized spacial score (nSPS) is 10.3. The molecule has 2 rings (SSSR count). The first-order valence-electron chi connectivity index (χ1n) is 5.74. The number of thiophene rings is 1. The molecule has 106 valence electrons. The number of hydrogen-bond donors (Lipinski definition) is 2. The molecule has 0 spiro atoms. The van der Waals surface area contributed by atoms with Gasteiger partial charge in [-0.1, -0.05) is 0 Å². The highest BCUT2D eigenvalue weighted by molar-refractivity contribution is 7.07. The molecule has 0 saturated carbocycles. The second-order valence-corrected chi connectivity index (χ2v) is 4.97. The summed E-state index contributed by atoms with van der Waals surface area (Å²) in [5.41, 5.74) is 3.54. The average Bonchev–Trinajstić information content (AvgIpc) is 2.89. The van der Waals surface area contributed by atoms with E-state index in [4.69, 9.17) is 5.84 Å². The van der Waals surface area contributed by atoms with Crippen LogP contribution in [0.3, 0.4) is 0 Å². The summed E-state index contributed by atoms with van der Waals surface area (Å²) >= 11 is 1.57. The molecule has 0 saturated heterocycles. The van der Waals surface area contributed by atoms with Gasteiger partial charge in [-0.05, 0) is 29.3 Å². The lowest BCUT2D eigenvalue weighted by atomic mass is 10.3. The van der Waals surface area contributed by atoms with Crippen molar-refractivity contribution < 1.29 is 4.92 Å². The summed E-state index contributed by atoms with van der Waals surface area (Å²) in [5, 5.41) is 15.1. The zero-order valence-corrected chi connectivity index (χ0v) is 11.8. The minimum absolute atomic E-state index is 0.110. The van der Waals surface area contributed by atoms with Crippen molar-refractivity contribution in [2.24, 2.45) is 5.84 Å². The maximum absolute atomic E-state index is 11.2. The Morgan fingerprint density at radius 3 is 2.85 bits per heavy atom. The molecule has 0 aliphatic carbocycles. The molecule has 0 aliphatic rings. The predicted octanol–water partition coefficient (Wildman–Crippen LogP) is 1.68. The molecule has 0 unspecified atom stereocenters. The van der Waals surface area contributed by atoms with Gasteiger partial charge < -0.3 is 4.90 Å². The molecule has 20 heavy (non-hydrogen) atoms. The maximum atomic E-state index is 11.2. The van der Waals surface area contributed by atoms with E-state index in [-0.39, 0.29) is 23.1 Å². The van der Waals surface area contributed by atoms with Crippen LogP contribution in [0.2, 0.25) is 0 Å². The predicted molar refractivity (Wildman–Crippen MR) is 77.7 cm³/mol. The molecule has 2 aromatic heterocycles. The van der Waals surface area contributed by atoms with Gasteiger partial charge in [0.2, 0.25) is 11.8 Å². The molecule has 2 heterocycles. The fraction of sp³-hybridized carbons (Fsp3) is 0.273. The van der Waals surface area contributed by atoms with E-state index in [1.54, 1.807) is 30.2 Å². The van der Waals surface area contributed by atoms with Gasteiger partial charge in [-0.25, -0.2) is 10.8 Å². The molecule has 0 atom stereocenters. The van der Waals surface area contributed by atoms with Crippen molar-refractivity contribution in [3.05, 3.63) is 38.2 Å². The fourth-order valence-corrected chi connectivity index (χ4v) is 2.49. The van der Waals surface area contributed by atoms with E-state index in [0.717, 1.165) is 5.56 Å². The van der Waals surface area contributed by atoms with Gasteiger partial charge in [0.15, 0.2) is 0 Å². The van der Waals surface area contributed by atoms with Crippen molar-refractivity contribution in [3.8, 4) is 0 Å². The SMILES string of the molecule is Cc1nc(NN)nc(N(C)Cc2ccsc2)c1[N+](=O)[O-]. The zero-order chi connectivity index (χ0) is 14.7. The number of hydrazine groups is 1. The van der Waals surface area contributed by atoms with E-state index in [1.165, 1.54) is 0 Å². The van der Waals surface area contributed by atoms with Crippen LogP contribution >= 0.6 is 11.3 Å². The van der Waals surface area contributed by atoms with Gasteiger partial charge >= 0.3 is 5.69 Å². The van der Waals surface area contributed by atoms with Gasteiger partial charge in [0.05, 0.1) is 4.92 Å². The number of anilines is 2. The van der Waals surface area contributed by atoms with Gasteiger partial charge in [0.1, 0.15) is 5.69 Å². The third-order valence-corrected chi connectivity index (χ3v) is 3.45. The highest BCUT2D eigenvalue weighted by atomic mass is 32.1. The summed E-state index contributed by atoms with van der Waals surface area (Å²) in [4.78, 5) is 20.5. The second kappa shape index (κ2) is 5.80. The van der Waals surface area contributed by atoms with Gasteiger partial charge in [0, 0.05) is 13.6 Å². The van der Waals surface area contributed by atoms with Crippen LogP contribution in [0.4, 0.5) is 17.5 Å². The Bertz CT molecular complexity index is 616. The van der Waals surface area contributed by atoms with Gasteiger partial charge in [0.25, 0.3) is 0 Å². The number of nitro groups is 1. The molecule has 0 amide bonds. The van der Waals surface area contributed by atoms with Crippen LogP contribution in [-0.2, 0) is 6.54 Å². The first kappa shape index (κ1) is 14.2. The maximum Gasteiger partial charge on any atom is 0.332 e. The molecule has 0 aliphatic heterocycles. The van der Waals surface area contributed by atoms with E-state index >= 15 is 0 Å². The van der Waals surface area contributed by atoms with Crippen LogP contribution < -0.4 is 16.2 Å². The molecule has 0 radical (unpaired) electrons. The van der Waals surface area contributed by atoms with E-state index in [0.29, 0.717) is 6.54 Å². The van der Waals surface area contributed by atoms with Gasteiger partial charge in [-0.15, -0.1) is 0 Å². The van der Waals surface area contributed by atoms with E-state index < -0.39 is 4.92 Å². The number of nitrogens with two attached hydrogens (primary N) is 1. The number of nitrogens with one attached hydrogen (secondary N) is 1. The minimum atomic E-state index is -0.477. The summed E-state index contributed by atoms with van der Waals surface area (Å²) in [6, 6.07) is 1.96. The number of aromatic nitrogens is 2. The van der Waals surface area contributed by atoms with E-state index in [2.05, 4.69) is 15.4 Å². The summed E-state index contributed by atoms with van der Waals surface area (Å²) < 4.78 is 0. The second-order valence-electron chi connectivity index (χ2n) is 4.19. The van der Waals surface area contributed by atoms with Crippen molar-refractivity contribution in [3.63, 3.8) is 0 Å². The standard InChI is InChI=1S/C11H14N6O2S/c1-7-9(17(18)19)10(14-11(13-7)15-12)16(2)5-8-3-4-20-6-8/h3-4,6H,5,12H2,1-2H3,(H,13,14,15). The molecular formula is C11H14N6O2S. The van der Waals surface area contributed by atoms with Crippen LogP contribution in [0.25, 0.3) is 0 Å². The molecule has 2 aromatic rings. The Labute approximate surface area is 119 Å². The van der Waals surface area contributed by atoms with Crippen molar-refractivity contribution >= 4 is 28.8 Å². The Morgan fingerprint density at radius 2 is 2.30 bits per heavy atom. The number of rotatable bonds is 5. The highest BCUT2D eigenvalue weighted by Gasteiger charge is 2.24. The Morgan fingerprint density at radius 1 is 1.55 bits per heavy atom. The smallest absolute Gasteiger partial charge is 0.332 e. The summed E-state index contributed by atoms with van der Waals surface area (Å²) in [6.45, 7) is 2.08. The number of aryl methyl sites for hydroxylation is 1. The summed E-state index contributed by atoms with van der Waals surface area (Å²) in [6.07, 6.45) is 0. The van der Waals surface area contributed by atoms with Gasteiger partial charge in [-0.3, -0.25) is 15.5 Å². The van der Waals surface area contributed by atoms with Crippen LogP contribution in [0.1, 0.15) is 11.3 Å². The molecule has 3 N–H and O–H groups in total. The van der Waals surface area contributed by atoms with E-state index in [1.807, 2.05) is 16.8 Å². The third-order valence-electron chi connectivity index (χ3n) is 2.71. The average molecular weight is 294 g/mol. The number of nitrogen functional groups attached to an aromatic ring is 1. The third kappa shape index (κ3) is 2.83. The first-order chi connectivity index (χ1) is 9.52. The van der Waals surface area contributed by atoms with Crippen LogP contribution in [-0.4, -0.2) is 21.9 Å². The lowest BCUT2D eigenvalue weighted by Gasteiger charge is -2.18. The Balaban J connectivity index is 2.42. The van der Waals surface area contributed by atoms with Crippen LogP contribution in [0.5, 0.6) is 0 Å². The van der Waals surface area contributed by atoms with Crippen LogP contribution in [0.15, 0.2) is 16.8 Å². The molecule has 0 aromatic carbocycles. The molecule has 8 nitrogen and oxygen atoms in total. The Kier molecular flexibility index (Phi) is 4.11. The summed E-state index contributed by atoms with van der Waals surface area (Å²) in [7, 11) is 1.74. The molecular weight excluding hydrogens is 280 g/mol. The van der Waals surface area contributed by atoms with Crippen molar-refractivity contribution in [2.45, 2.75) is 13.5 Å². The lowest BCUT2D eigenvalue weighted by Crippen LogP contribution is -2.21. The van der Waals surface area contributed by atoms with Crippen molar-refractivity contribution in [1.82, 2.24) is 9.97 Å². The minimum Gasteiger partial charge on any atom is -0.349 e. The lowest BCUT2D eigenvalue weighted by molar-refractivity contribution is -0.385. The first-order valence-corrected chi connectivity index (χ1v) is 6.69. The Hall–Kier alpha value is -2.26. The topological polar surface area (TPSA) is 110 Å². The number of nitrogens with zero attached hydrogens (tertiary/aromatic N) is 4. The summed E-state index contributed by atoms with van der Waals surface area (Å²) in [5.74, 6) is 5.68. The largest absolute Gasteiger partial charge is 0.349 e. The van der Waals surface area contributed by atoms with Crippen LogP contribution in [0, 0.1) is 17.0 Å². The van der Waals surface area contributed by atoms with Gasteiger partial charge in [-0.2, -0.15) is 16.3 Å². The number of hydrogen-bond acceptors (Lipinski definition) is 8. The molecule has 0 fully saturated rings. The monoisotopic (exact) mass is 294 g/mol.